The Morgan fingerprint density at radius 3 is 2.78 bits per heavy atom. The van der Waals surface area contributed by atoms with Crippen molar-refractivity contribution in [3.05, 3.63) is 29.6 Å². The Bertz CT molecular complexity index is 884. The van der Waals surface area contributed by atoms with Crippen LogP contribution in [0.1, 0.15) is 30.1 Å². The zero-order valence-electron chi connectivity index (χ0n) is 19.7. The number of ether oxygens (including phenoxy) is 1. The molecule has 176 valence electrons. The van der Waals surface area contributed by atoms with E-state index in [1.807, 2.05) is 36.5 Å². The highest BCUT2D eigenvalue weighted by Crippen LogP contribution is 2.21. The second kappa shape index (κ2) is 10.9. The number of hydrogen-bond donors (Lipinski definition) is 1. The number of aliphatic imine (C=N–C) groups is 1. The van der Waals surface area contributed by atoms with Crippen molar-refractivity contribution in [3.8, 4) is 0 Å². The average molecular weight is 444 g/mol. The number of nitrogens with one attached hydrogen (secondary N) is 1. The Kier molecular flexibility index (Phi) is 7.75. The molecule has 0 spiro atoms. The lowest BCUT2D eigenvalue weighted by Crippen LogP contribution is -2.42. The van der Waals surface area contributed by atoms with Crippen LogP contribution in [0.15, 0.2) is 17.4 Å². The summed E-state index contributed by atoms with van der Waals surface area (Å²) in [6.45, 7) is 10.3. The van der Waals surface area contributed by atoms with Crippen LogP contribution in [0.4, 0.5) is 0 Å². The highest BCUT2D eigenvalue weighted by atomic mass is 16.5. The number of aromatic nitrogens is 5. The van der Waals surface area contributed by atoms with Crippen molar-refractivity contribution in [2.45, 2.75) is 32.7 Å². The molecule has 32 heavy (non-hydrogen) atoms. The minimum atomic E-state index is 0.535. The number of aryl methyl sites for hydroxylation is 2. The minimum Gasteiger partial charge on any atom is -0.379 e. The molecule has 2 aromatic rings. The molecular formula is C22H37N9O. The van der Waals surface area contributed by atoms with Crippen molar-refractivity contribution in [3.63, 3.8) is 0 Å². The molecule has 10 nitrogen and oxygen atoms in total. The summed E-state index contributed by atoms with van der Waals surface area (Å²) in [5, 5.41) is 16.4. The molecule has 4 rings (SSSR count). The highest BCUT2D eigenvalue weighted by Gasteiger charge is 2.25. The number of morpholine rings is 1. The summed E-state index contributed by atoms with van der Waals surface area (Å²) in [5.74, 6) is 3.41. The molecule has 10 heteroatoms. The van der Waals surface area contributed by atoms with Gasteiger partial charge in [0.05, 0.1) is 19.4 Å². The molecule has 1 unspecified atom stereocenters. The van der Waals surface area contributed by atoms with Gasteiger partial charge in [0.1, 0.15) is 12.4 Å². The first-order valence-electron chi connectivity index (χ1n) is 11.7. The lowest BCUT2D eigenvalue weighted by atomic mass is 10.0. The number of nitrogens with zero attached hydrogens (tertiary/aromatic N) is 8. The maximum absolute atomic E-state index is 5.45. The normalized spacial score (nSPS) is 20.3. The Hall–Kier alpha value is -2.46. The summed E-state index contributed by atoms with van der Waals surface area (Å²) in [4.78, 5) is 9.82. The van der Waals surface area contributed by atoms with Gasteiger partial charge in [-0.3, -0.25) is 9.58 Å². The number of likely N-dealkylation sites (tertiary alicyclic amines) is 1. The van der Waals surface area contributed by atoms with E-state index < -0.39 is 0 Å². The summed E-state index contributed by atoms with van der Waals surface area (Å²) >= 11 is 0. The smallest absolute Gasteiger partial charge is 0.194 e. The molecule has 2 saturated heterocycles. The van der Waals surface area contributed by atoms with Gasteiger partial charge in [0.2, 0.25) is 0 Å². The van der Waals surface area contributed by atoms with Gasteiger partial charge in [0.25, 0.3) is 0 Å². The number of guanidine groups is 1. The monoisotopic (exact) mass is 443 g/mol. The van der Waals surface area contributed by atoms with Gasteiger partial charge in [-0.15, -0.1) is 10.2 Å². The third-order valence-electron chi connectivity index (χ3n) is 6.46. The fourth-order valence-electron chi connectivity index (χ4n) is 4.43. The second-order valence-electron chi connectivity index (χ2n) is 8.92. The van der Waals surface area contributed by atoms with Gasteiger partial charge in [-0.25, -0.2) is 4.99 Å². The van der Waals surface area contributed by atoms with Crippen molar-refractivity contribution in [2.24, 2.45) is 25.0 Å². The van der Waals surface area contributed by atoms with Crippen molar-refractivity contribution in [1.82, 2.24) is 39.7 Å². The van der Waals surface area contributed by atoms with E-state index in [4.69, 9.17) is 9.73 Å². The van der Waals surface area contributed by atoms with Gasteiger partial charge in [0, 0.05) is 53.0 Å². The molecule has 4 heterocycles. The van der Waals surface area contributed by atoms with E-state index in [-0.39, 0.29) is 0 Å². The predicted molar refractivity (Wildman–Crippen MR) is 123 cm³/mol. The molecule has 2 aliphatic heterocycles. The zero-order chi connectivity index (χ0) is 22.3. The van der Waals surface area contributed by atoms with Crippen LogP contribution >= 0.6 is 0 Å². The molecule has 0 bridgehead atoms. The van der Waals surface area contributed by atoms with E-state index >= 15 is 0 Å². The maximum atomic E-state index is 5.45. The topological polar surface area (TPSA) is 88.6 Å². The van der Waals surface area contributed by atoms with Gasteiger partial charge in [-0.05, 0) is 44.2 Å². The van der Waals surface area contributed by atoms with E-state index in [1.54, 1.807) is 0 Å². The van der Waals surface area contributed by atoms with Crippen molar-refractivity contribution < 1.29 is 4.74 Å². The zero-order valence-corrected chi connectivity index (χ0v) is 19.7. The first-order valence-corrected chi connectivity index (χ1v) is 11.7. The van der Waals surface area contributed by atoms with E-state index in [9.17, 15) is 0 Å². The summed E-state index contributed by atoms with van der Waals surface area (Å²) < 4.78 is 9.34. The van der Waals surface area contributed by atoms with Gasteiger partial charge in [-0.1, -0.05) is 0 Å². The van der Waals surface area contributed by atoms with Crippen molar-refractivity contribution in [2.75, 3.05) is 52.5 Å². The molecule has 1 N–H and O–H groups in total. The Morgan fingerprint density at radius 1 is 1.22 bits per heavy atom. The van der Waals surface area contributed by atoms with Crippen LogP contribution in [-0.2, 0) is 31.8 Å². The first kappa shape index (κ1) is 22.7. The van der Waals surface area contributed by atoms with Gasteiger partial charge in [-0.2, -0.15) is 5.10 Å². The van der Waals surface area contributed by atoms with Gasteiger partial charge < -0.3 is 19.5 Å². The Morgan fingerprint density at radius 2 is 2.06 bits per heavy atom. The molecule has 0 radical (unpaired) electrons. The fraction of sp³-hybridized carbons (Fsp3) is 0.727. The summed E-state index contributed by atoms with van der Waals surface area (Å²) in [5.41, 5.74) is 1.31. The summed E-state index contributed by atoms with van der Waals surface area (Å²) in [7, 11) is 3.97. The number of hydrogen-bond acceptors (Lipinski definition) is 6. The van der Waals surface area contributed by atoms with Crippen LogP contribution in [0.3, 0.4) is 0 Å². The first-order chi connectivity index (χ1) is 15.6. The van der Waals surface area contributed by atoms with Crippen LogP contribution < -0.4 is 5.32 Å². The van der Waals surface area contributed by atoms with Crippen LogP contribution in [-0.4, -0.2) is 92.8 Å². The molecule has 0 saturated carbocycles. The van der Waals surface area contributed by atoms with Crippen LogP contribution in [0.5, 0.6) is 0 Å². The van der Waals surface area contributed by atoms with E-state index in [1.165, 1.54) is 12.0 Å². The van der Waals surface area contributed by atoms with Crippen molar-refractivity contribution >= 4 is 5.96 Å². The van der Waals surface area contributed by atoms with E-state index in [2.05, 4.69) is 36.6 Å². The van der Waals surface area contributed by atoms with E-state index in [0.29, 0.717) is 12.5 Å². The number of rotatable bonds is 8. The molecular weight excluding hydrogens is 406 g/mol. The molecule has 0 aliphatic carbocycles. The predicted octanol–water partition coefficient (Wildman–Crippen LogP) is 0.590. The molecule has 0 aromatic carbocycles. The summed E-state index contributed by atoms with van der Waals surface area (Å²) in [6, 6.07) is 0. The van der Waals surface area contributed by atoms with E-state index in [0.717, 1.165) is 82.9 Å². The molecule has 0 amide bonds. The van der Waals surface area contributed by atoms with Crippen molar-refractivity contribution in [1.29, 1.82) is 0 Å². The lowest BCUT2D eigenvalue weighted by molar-refractivity contribution is 0.0375. The standard InChI is InChI=1S/C22H37N9O/c1-18-26-27-21(29(18)3)15-24-22(23-6-4-7-30-9-11-32-12-10-30)31-8-5-19(17-31)13-20-14-25-28(2)16-20/h14,16,19H,4-13,15,17H2,1-3H3,(H,23,24). The largest absolute Gasteiger partial charge is 0.379 e. The maximum Gasteiger partial charge on any atom is 0.194 e. The fourth-order valence-corrected chi connectivity index (χ4v) is 4.43. The molecule has 2 fully saturated rings. The molecule has 2 aromatic heterocycles. The van der Waals surface area contributed by atoms with Crippen LogP contribution in [0.25, 0.3) is 0 Å². The van der Waals surface area contributed by atoms with Gasteiger partial charge in [0.15, 0.2) is 11.8 Å². The Labute approximate surface area is 190 Å². The van der Waals surface area contributed by atoms with Crippen LogP contribution in [0.2, 0.25) is 0 Å². The average Bonchev–Trinajstić information content (AvgIpc) is 3.51. The minimum absolute atomic E-state index is 0.535. The third-order valence-corrected chi connectivity index (χ3v) is 6.46. The SMILES string of the molecule is Cc1nnc(CN=C(NCCCN2CCOCC2)N2CCC(Cc3cnn(C)c3)C2)n1C. The van der Waals surface area contributed by atoms with Crippen LogP contribution in [0, 0.1) is 12.8 Å². The summed E-state index contributed by atoms with van der Waals surface area (Å²) in [6.07, 6.45) is 7.44. The quantitative estimate of drug-likeness (QED) is 0.363. The lowest BCUT2D eigenvalue weighted by Gasteiger charge is -2.27. The highest BCUT2D eigenvalue weighted by molar-refractivity contribution is 5.80. The molecule has 1 atom stereocenters. The Balaban J connectivity index is 1.34. The molecule has 2 aliphatic rings. The third kappa shape index (κ3) is 6.07. The van der Waals surface area contributed by atoms with Gasteiger partial charge >= 0.3 is 0 Å². The second-order valence-corrected chi connectivity index (χ2v) is 8.92.